The van der Waals surface area contributed by atoms with E-state index in [1.54, 1.807) is 0 Å². The van der Waals surface area contributed by atoms with Crippen LogP contribution in [0.3, 0.4) is 0 Å². The molecule has 0 saturated carbocycles. The first-order valence-electron chi connectivity index (χ1n) is 24.6. The molecule has 328 valence electrons. The van der Waals surface area contributed by atoms with Gasteiger partial charge in [-0.25, -0.2) is 0 Å². The molecule has 14 rings (SSSR count). The third-order valence-electron chi connectivity index (χ3n) is 14.7. The van der Waals surface area contributed by atoms with E-state index in [0.717, 1.165) is 83.8 Å². The van der Waals surface area contributed by atoms with Gasteiger partial charge in [0, 0.05) is 41.4 Å². The van der Waals surface area contributed by atoms with Crippen LogP contribution in [0.1, 0.15) is 26.7 Å². The van der Waals surface area contributed by atoms with Gasteiger partial charge in [0.25, 0.3) is 0 Å². The summed E-state index contributed by atoms with van der Waals surface area (Å²) in [5, 5.41) is 2.49. The Morgan fingerprint density at radius 1 is 0.329 bits per heavy atom. The lowest BCUT2D eigenvalue weighted by Gasteiger charge is -2.25. The van der Waals surface area contributed by atoms with Gasteiger partial charge >= 0.3 is 0 Å². The fourth-order valence-corrected chi connectivity index (χ4v) is 11.7. The molecule has 2 aliphatic carbocycles. The van der Waals surface area contributed by atoms with Crippen molar-refractivity contribution in [3.63, 3.8) is 0 Å². The van der Waals surface area contributed by atoms with Crippen molar-refractivity contribution in [1.82, 2.24) is 14.5 Å². The fraction of sp³-hybridized carbons (Fsp3) is 0.0448. The van der Waals surface area contributed by atoms with Crippen molar-refractivity contribution >= 4 is 21.8 Å². The van der Waals surface area contributed by atoms with Crippen LogP contribution in [0.25, 0.3) is 139 Å². The van der Waals surface area contributed by atoms with E-state index in [9.17, 15) is 1.37 Å². The fourth-order valence-electron chi connectivity index (χ4n) is 11.7. The van der Waals surface area contributed by atoms with Gasteiger partial charge in [-0.3, -0.25) is 9.97 Å². The first-order valence-corrected chi connectivity index (χ1v) is 24.1. The third-order valence-corrected chi connectivity index (χ3v) is 14.7. The van der Waals surface area contributed by atoms with Crippen LogP contribution in [0.5, 0.6) is 0 Å². The first-order chi connectivity index (χ1) is 34.9. The standard InChI is InChI=1S/C67H45N3/c1-41(2)65-45(24-13-25-46(65)43-30-33-53-49-18-3-6-19-50(49)58-26-14-36-68-66(58)67-59(61(53)39-43)27-15-37-69-67)42-31-34-54-55-35-32-44(70-63-28-11-9-22-56(63)57-23-10-12-29-64(57)70)40-62(55)52-21-8-5-17-48(52)47-16-4-7-20-51(47)60(54)38-42/h3-41H,1-2H3/i41D. The molecule has 0 atom stereocenters. The van der Waals surface area contributed by atoms with E-state index in [1.807, 2.05) is 38.4 Å². The minimum absolute atomic E-state index is 0.860. The molecule has 3 heteroatoms. The Hall–Kier alpha value is -8.92. The normalized spacial score (nSPS) is 12.3. The number of fused-ring (bicyclic) bond motifs is 19. The largest absolute Gasteiger partial charge is 0.309 e. The molecule has 12 aromatic rings. The second-order valence-electron chi connectivity index (χ2n) is 18.8. The Balaban J connectivity index is 0.970. The van der Waals surface area contributed by atoms with Crippen LogP contribution in [0, 0.1) is 0 Å². The summed E-state index contributed by atoms with van der Waals surface area (Å²) in [6, 6.07) is 79.5. The van der Waals surface area contributed by atoms with Crippen molar-refractivity contribution in [3.05, 3.63) is 236 Å². The average molecular weight is 893 g/mol. The highest BCUT2D eigenvalue weighted by atomic mass is 15.0. The van der Waals surface area contributed by atoms with E-state index in [-0.39, 0.29) is 0 Å². The summed E-state index contributed by atoms with van der Waals surface area (Å²) in [6.07, 6.45) is 3.72. The number of hydrogen-bond acceptors (Lipinski definition) is 2. The molecule has 70 heavy (non-hydrogen) atoms. The predicted molar refractivity (Wildman–Crippen MR) is 292 cm³/mol. The average Bonchev–Trinajstić information content (AvgIpc) is 3.76. The second-order valence-corrected chi connectivity index (χ2v) is 18.8. The zero-order valence-corrected chi connectivity index (χ0v) is 38.8. The number of nitrogens with zero attached hydrogens (tertiary/aromatic N) is 3. The van der Waals surface area contributed by atoms with Gasteiger partial charge in [0.05, 0.1) is 22.4 Å². The molecule has 3 nitrogen and oxygen atoms in total. The topological polar surface area (TPSA) is 30.7 Å². The Labute approximate surface area is 409 Å². The van der Waals surface area contributed by atoms with E-state index in [1.165, 1.54) is 60.8 Å². The Morgan fingerprint density at radius 2 is 0.686 bits per heavy atom. The molecule has 0 fully saturated rings. The molecule has 2 aliphatic rings. The van der Waals surface area contributed by atoms with Gasteiger partial charge in [0.2, 0.25) is 0 Å². The molecule has 0 spiro atoms. The van der Waals surface area contributed by atoms with Crippen LogP contribution < -0.4 is 0 Å². The van der Waals surface area contributed by atoms with Gasteiger partial charge in [-0.05, 0) is 149 Å². The maximum absolute atomic E-state index is 9.91. The first kappa shape index (κ1) is 39.1. The molecule has 9 aromatic carbocycles. The van der Waals surface area contributed by atoms with Crippen LogP contribution in [-0.4, -0.2) is 14.5 Å². The van der Waals surface area contributed by atoms with Crippen molar-refractivity contribution in [1.29, 1.82) is 0 Å². The number of rotatable bonds is 4. The van der Waals surface area contributed by atoms with E-state index in [4.69, 9.17) is 9.97 Å². The highest BCUT2D eigenvalue weighted by Crippen LogP contribution is 2.52. The summed E-state index contributed by atoms with van der Waals surface area (Å²) in [5.74, 6) is -0.956. The van der Waals surface area contributed by atoms with E-state index in [0.29, 0.717) is 0 Å². The van der Waals surface area contributed by atoms with Crippen LogP contribution in [-0.2, 0) is 0 Å². The smallest absolute Gasteiger partial charge is 0.0970 e. The zero-order chi connectivity index (χ0) is 47.4. The number of aromatic nitrogens is 3. The monoisotopic (exact) mass is 892 g/mol. The van der Waals surface area contributed by atoms with Crippen LogP contribution in [0.15, 0.2) is 231 Å². The summed E-state index contributed by atoms with van der Waals surface area (Å²) >= 11 is 0. The molecule has 0 radical (unpaired) electrons. The van der Waals surface area contributed by atoms with Crippen molar-refractivity contribution in [2.45, 2.75) is 19.7 Å². The molecule has 3 aromatic heterocycles. The number of hydrogen-bond donors (Lipinski definition) is 0. The van der Waals surface area contributed by atoms with Crippen molar-refractivity contribution < 1.29 is 1.37 Å². The van der Waals surface area contributed by atoms with E-state index in [2.05, 4.69) is 211 Å². The minimum Gasteiger partial charge on any atom is -0.309 e. The summed E-state index contributed by atoms with van der Waals surface area (Å²) in [4.78, 5) is 9.91. The van der Waals surface area contributed by atoms with Crippen molar-refractivity contribution in [2.24, 2.45) is 0 Å². The quantitative estimate of drug-likeness (QED) is 0.176. The third kappa shape index (κ3) is 6.08. The van der Waals surface area contributed by atoms with E-state index >= 15 is 0 Å². The SMILES string of the molecule is [2H]C(C)(C)c1c(-c2ccc3c(c2)-c2ccccc2-c2ccccc2-c2cc(-n4c5ccccc5c5ccccc54)ccc2-3)cccc1-c1ccc2c(c1)-c1cccnc1-c1ncccc1-c1ccccc1-2. The summed E-state index contributed by atoms with van der Waals surface area (Å²) in [7, 11) is 0. The molecule has 0 aliphatic heterocycles. The summed E-state index contributed by atoms with van der Waals surface area (Å²) in [6.45, 7) is 4.04. The lowest BCUT2D eigenvalue weighted by Crippen LogP contribution is -2.02. The lowest BCUT2D eigenvalue weighted by atomic mass is 9.79. The Bertz CT molecular complexity index is 4110. The van der Waals surface area contributed by atoms with Gasteiger partial charge in [-0.15, -0.1) is 0 Å². The molecule has 0 N–H and O–H groups in total. The number of para-hydroxylation sites is 2. The van der Waals surface area contributed by atoms with Crippen LogP contribution in [0.4, 0.5) is 0 Å². The molecule has 0 saturated heterocycles. The van der Waals surface area contributed by atoms with Crippen molar-refractivity contribution in [2.75, 3.05) is 0 Å². The highest BCUT2D eigenvalue weighted by molar-refractivity contribution is 6.10. The van der Waals surface area contributed by atoms with E-state index < -0.39 is 5.89 Å². The molecule has 0 unspecified atom stereocenters. The minimum atomic E-state index is -0.956. The van der Waals surface area contributed by atoms with Gasteiger partial charge in [0.15, 0.2) is 0 Å². The second kappa shape index (κ2) is 15.8. The molecule has 0 bridgehead atoms. The van der Waals surface area contributed by atoms with Gasteiger partial charge in [0.1, 0.15) is 0 Å². The Kier molecular flexibility index (Phi) is 8.85. The molecule has 3 heterocycles. The molecule has 0 amide bonds. The number of benzene rings is 9. The summed E-state index contributed by atoms with van der Waals surface area (Å²) < 4.78 is 12.3. The van der Waals surface area contributed by atoms with Crippen LogP contribution >= 0.6 is 0 Å². The predicted octanol–water partition coefficient (Wildman–Crippen LogP) is 18.0. The van der Waals surface area contributed by atoms with Crippen molar-refractivity contribution in [3.8, 4) is 117 Å². The maximum atomic E-state index is 9.91. The Morgan fingerprint density at radius 3 is 1.19 bits per heavy atom. The van der Waals surface area contributed by atoms with Gasteiger partial charge in [-0.1, -0.05) is 184 Å². The maximum Gasteiger partial charge on any atom is 0.0970 e. The highest BCUT2D eigenvalue weighted by Gasteiger charge is 2.27. The molecular weight excluding hydrogens is 847 g/mol. The van der Waals surface area contributed by atoms with Crippen LogP contribution in [0.2, 0.25) is 0 Å². The number of pyridine rings is 2. The summed E-state index contributed by atoms with van der Waals surface area (Å²) in [5.41, 5.74) is 26.5. The lowest BCUT2D eigenvalue weighted by molar-refractivity contribution is 0.871. The molecular formula is C67H45N3. The zero-order valence-electron chi connectivity index (χ0n) is 39.8. The van der Waals surface area contributed by atoms with Gasteiger partial charge in [-0.2, -0.15) is 0 Å². The van der Waals surface area contributed by atoms with Gasteiger partial charge < -0.3 is 4.57 Å².